The number of para-hydroxylation sites is 1. The van der Waals surface area contributed by atoms with Crippen molar-refractivity contribution >= 4 is 107 Å². The van der Waals surface area contributed by atoms with Crippen molar-refractivity contribution in [1.82, 2.24) is 47.1 Å². The number of aliphatic imine (C=N–C) groups is 1. The Kier molecular flexibility index (Phi) is 25.8. The lowest BCUT2D eigenvalue weighted by Gasteiger charge is -2.29. The van der Waals surface area contributed by atoms with Crippen molar-refractivity contribution < 1.29 is 52.7 Å². The Labute approximate surface area is 420 Å². The van der Waals surface area contributed by atoms with Crippen LogP contribution in [-0.2, 0) is 59.2 Å². The number of rotatable bonds is 32. The molecule has 0 aliphatic rings. The van der Waals surface area contributed by atoms with Crippen LogP contribution in [0.15, 0.2) is 35.5 Å². The van der Waals surface area contributed by atoms with Crippen molar-refractivity contribution in [2.45, 2.75) is 101 Å². The molecular weight excluding hydrogens is 967 g/mol. The highest BCUT2D eigenvalue weighted by molar-refractivity contribution is 7.80. The van der Waals surface area contributed by atoms with Gasteiger partial charge in [0.1, 0.15) is 36.3 Å². The van der Waals surface area contributed by atoms with Crippen LogP contribution >= 0.6 is 25.3 Å². The van der Waals surface area contributed by atoms with Gasteiger partial charge in [-0.25, -0.2) is 0 Å². The Balaban J connectivity index is 2.29. The van der Waals surface area contributed by atoms with Crippen LogP contribution in [0.25, 0.3) is 10.9 Å². The topological polar surface area (TPSA) is 433 Å². The number of nitrogens with two attached hydrogens (primary N) is 5. The van der Waals surface area contributed by atoms with Crippen LogP contribution in [0, 0.1) is 5.92 Å². The normalized spacial score (nSPS) is 13.8. The molecule has 0 saturated heterocycles. The average Bonchev–Trinajstić information content (AvgIpc) is 3.72. The molecule has 28 heteroatoms. The molecular formula is C43H67N15O11S2. The summed E-state index contributed by atoms with van der Waals surface area (Å²) in [5.41, 5.74) is 28.1. The molecule has 2 rings (SSSR count). The number of carbonyl (C=O) groups is 11. The van der Waals surface area contributed by atoms with Crippen molar-refractivity contribution in [3.8, 4) is 0 Å². The van der Waals surface area contributed by atoms with E-state index in [2.05, 4.69) is 72.5 Å². The van der Waals surface area contributed by atoms with E-state index in [9.17, 15) is 52.7 Å². The fourth-order valence-corrected chi connectivity index (χ4v) is 7.33. The number of hydrogen-bond acceptors (Lipinski definition) is 14. The highest BCUT2D eigenvalue weighted by Gasteiger charge is 2.35. The first-order valence-corrected chi connectivity index (χ1v) is 23.8. The zero-order valence-corrected chi connectivity index (χ0v) is 41.6. The molecule has 7 atom stereocenters. The summed E-state index contributed by atoms with van der Waals surface area (Å²) in [6.45, 7) is 2.35. The molecule has 71 heavy (non-hydrogen) atoms. The monoisotopic (exact) mass is 1030 g/mol. The summed E-state index contributed by atoms with van der Waals surface area (Å²) in [5, 5.41) is 18.2. The number of nitrogens with zero attached hydrogens (tertiary/aromatic N) is 2. The van der Waals surface area contributed by atoms with Gasteiger partial charge in [-0.15, -0.1) is 0 Å². The van der Waals surface area contributed by atoms with E-state index in [0.717, 1.165) is 15.8 Å². The molecule has 0 spiro atoms. The van der Waals surface area contributed by atoms with Gasteiger partial charge in [-0.05, 0) is 42.6 Å². The lowest BCUT2D eigenvalue weighted by molar-refractivity contribution is -0.139. The second kappa shape index (κ2) is 30.5. The first-order valence-electron chi connectivity index (χ1n) is 22.5. The number of aromatic amines is 1. The lowest BCUT2D eigenvalue weighted by atomic mass is 9.96. The number of guanidine groups is 1. The van der Waals surface area contributed by atoms with Gasteiger partial charge in [0, 0.05) is 55.7 Å². The molecule has 0 aliphatic carbocycles. The Morgan fingerprint density at radius 2 is 1.30 bits per heavy atom. The van der Waals surface area contributed by atoms with Gasteiger partial charge in [-0.3, -0.25) is 57.7 Å². The highest BCUT2D eigenvalue weighted by atomic mass is 32.1. The third-order valence-electron chi connectivity index (χ3n) is 10.8. The van der Waals surface area contributed by atoms with E-state index in [1.54, 1.807) is 20.0 Å². The molecule has 1 heterocycles. The van der Waals surface area contributed by atoms with Crippen LogP contribution in [0.4, 0.5) is 0 Å². The van der Waals surface area contributed by atoms with Gasteiger partial charge in [0.05, 0.1) is 19.5 Å². The molecule has 0 unspecified atom stereocenters. The van der Waals surface area contributed by atoms with Crippen molar-refractivity contribution in [3.05, 3.63) is 36.0 Å². The van der Waals surface area contributed by atoms with Gasteiger partial charge in [0.15, 0.2) is 5.96 Å². The Morgan fingerprint density at radius 3 is 1.90 bits per heavy atom. The van der Waals surface area contributed by atoms with Gasteiger partial charge in [0.25, 0.3) is 0 Å². The maximum Gasteiger partial charge on any atom is 0.246 e. The van der Waals surface area contributed by atoms with Crippen molar-refractivity contribution in [3.63, 3.8) is 0 Å². The minimum atomic E-state index is -1.77. The number of H-pyrrole nitrogens is 1. The average molecular weight is 1030 g/mol. The molecule has 0 radical (unpaired) electrons. The van der Waals surface area contributed by atoms with Crippen LogP contribution in [0.2, 0.25) is 0 Å². The molecule has 392 valence electrons. The van der Waals surface area contributed by atoms with E-state index >= 15 is 0 Å². The predicted molar refractivity (Wildman–Crippen MR) is 267 cm³/mol. The van der Waals surface area contributed by atoms with Crippen molar-refractivity contribution in [1.29, 1.82) is 0 Å². The molecule has 26 nitrogen and oxygen atoms in total. The molecule has 18 N–H and O–H groups in total. The molecule has 2 aromatic rings. The maximum absolute atomic E-state index is 14.1. The van der Waals surface area contributed by atoms with E-state index in [1.807, 2.05) is 24.3 Å². The number of benzene rings is 1. The first-order chi connectivity index (χ1) is 33.5. The molecule has 0 aliphatic heterocycles. The number of likely N-dealkylation sites (N-methyl/N-ethyl adjacent to an activating group) is 1. The summed E-state index contributed by atoms with van der Waals surface area (Å²) in [5.74, 6) is -10.4. The fraction of sp³-hybridized carbons (Fsp3) is 0.535. The molecule has 0 fully saturated rings. The number of carbonyl (C=O) groups excluding carboxylic acids is 11. The second-order valence-electron chi connectivity index (χ2n) is 16.5. The fourth-order valence-electron chi connectivity index (χ4n) is 6.88. The number of nitrogens with one attached hydrogen (secondary N) is 8. The summed E-state index contributed by atoms with van der Waals surface area (Å²) in [6.07, 6.45) is 0.661. The standard InChI is InChI=1S/C43H67N15O11S2/c1-4-22(2)36(57-40(67)28(53-34(62)13-15-70)16-23-18-50-25-9-6-5-8-24(23)25)41(68)54-27(11-12-31(44)59)38(65)55-29(17-32(45)60)39(66)56-30(21-71)42(69)58(3)20-35(63)52-26(10-7-14-49-43(47)48)37(64)51-19-33(46)61/h5-6,8-9,18,22,26-30,36,50,70-71H,4,7,10-17,19-21H2,1-3H3,(H2,44,59)(H2,45,60)(H2,46,61)(H,51,64)(H,52,63)(H,53,62)(H,54,68)(H,55,65)(H,56,66)(H,57,67)(H4,47,48,49)/t22-,26-,27-,28+,29-,30-,36-/m0/s1. The summed E-state index contributed by atoms with van der Waals surface area (Å²) in [4.78, 5) is 151. The first kappa shape index (κ1) is 60.0. The summed E-state index contributed by atoms with van der Waals surface area (Å²) in [6, 6.07) is -1.18. The summed E-state index contributed by atoms with van der Waals surface area (Å²) >= 11 is 8.27. The number of thiol groups is 2. The lowest BCUT2D eigenvalue weighted by Crippen LogP contribution is -2.61. The van der Waals surface area contributed by atoms with Gasteiger partial charge >= 0.3 is 0 Å². The third-order valence-corrected chi connectivity index (χ3v) is 11.4. The SMILES string of the molecule is CC[C@H](C)[C@H](NC(=O)[C@@H](Cc1c[nH]c2ccccc12)NC(=O)CCS)C(=O)N[C@@H](CCC(N)=O)C(=O)N[C@@H](CC(N)=O)C(=O)N[C@@H](CS)C(=O)N(C)CC(=O)N[C@@H](CCCN=C(N)N)C(=O)NCC(N)=O. The van der Waals surface area contributed by atoms with Crippen LogP contribution in [0.3, 0.4) is 0 Å². The zero-order valence-electron chi connectivity index (χ0n) is 39.8. The van der Waals surface area contributed by atoms with E-state index in [1.165, 1.54) is 7.05 Å². The van der Waals surface area contributed by atoms with Crippen molar-refractivity contribution in [2.24, 2.45) is 39.6 Å². The summed E-state index contributed by atoms with van der Waals surface area (Å²) < 4.78 is 0. The van der Waals surface area contributed by atoms with Gasteiger partial charge in [0.2, 0.25) is 65.0 Å². The number of aromatic nitrogens is 1. The van der Waals surface area contributed by atoms with Gasteiger partial charge < -0.3 is 75.8 Å². The molecule has 1 aromatic carbocycles. The number of primary amides is 3. The minimum Gasteiger partial charge on any atom is -0.370 e. The predicted octanol–water partition coefficient (Wildman–Crippen LogP) is -4.83. The molecule has 11 amide bonds. The molecule has 1 aromatic heterocycles. The third kappa shape index (κ3) is 21.2. The van der Waals surface area contributed by atoms with Crippen LogP contribution < -0.4 is 65.9 Å². The maximum atomic E-state index is 14.1. The number of fused-ring (bicyclic) bond motifs is 1. The van der Waals surface area contributed by atoms with Crippen molar-refractivity contribution in [2.75, 3.05) is 38.2 Å². The largest absolute Gasteiger partial charge is 0.370 e. The zero-order chi connectivity index (χ0) is 53.4. The Morgan fingerprint density at radius 1 is 0.690 bits per heavy atom. The van der Waals surface area contributed by atoms with Crippen LogP contribution in [0.1, 0.15) is 64.4 Å². The van der Waals surface area contributed by atoms with Crippen LogP contribution in [0.5, 0.6) is 0 Å². The van der Waals surface area contributed by atoms with E-state index < -0.39 is 139 Å². The highest BCUT2D eigenvalue weighted by Crippen LogP contribution is 2.20. The van der Waals surface area contributed by atoms with Crippen LogP contribution in [-0.4, -0.2) is 155 Å². The van der Waals surface area contributed by atoms with E-state index in [4.69, 9.17) is 28.7 Å². The van der Waals surface area contributed by atoms with Gasteiger partial charge in [-0.1, -0.05) is 38.5 Å². The quantitative estimate of drug-likeness (QED) is 0.0142. The molecule has 0 bridgehead atoms. The Bertz CT molecular complexity index is 2260. The Hall–Kier alpha value is -7.10. The number of hydrogen-bond donors (Lipinski definition) is 15. The van der Waals surface area contributed by atoms with Gasteiger partial charge in [-0.2, -0.15) is 25.3 Å². The summed E-state index contributed by atoms with van der Waals surface area (Å²) in [7, 11) is 1.21. The minimum absolute atomic E-state index is 0.000691. The smallest absolute Gasteiger partial charge is 0.246 e. The second-order valence-corrected chi connectivity index (χ2v) is 17.3. The molecule has 0 saturated carbocycles. The van der Waals surface area contributed by atoms with E-state index in [-0.39, 0.29) is 49.7 Å². The van der Waals surface area contributed by atoms with E-state index in [0.29, 0.717) is 12.0 Å². The number of amides is 11.